The van der Waals surface area contributed by atoms with Gasteiger partial charge in [0.05, 0.1) is 12.8 Å². The minimum atomic E-state index is -1.04. The van der Waals surface area contributed by atoms with Crippen LogP contribution in [0.3, 0.4) is 0 Å². The zero-order chi connectivity index (χ0) is 25.5. The van der Waals surface area contributed by atoms with Gasteiger partial charge in [0.1, 0.15) is 17.6 Å². The molecule has 2 aromatic rings. The number of methoxy groups -OCH3 is 1. The molecule has 2 aliphatic rings. The molecular weight excluding hydrogens is 461 g/mol. The van der Waals surface area contributed by atoms with E-state index in [9.17, 15) is 18.8 Å². The lowest BCUT2D eigenvalue weighted by Gasteiger charge is -2.39. The number of amides is 3. The second-order valence-electron chi connectivity index (χ2n) is 9.60. The molecule has 2 saturated carbocycles. The molecule has 7 nitrogen and oxygen atoms in total. The molecule has 0 bridgehead atoms. The first-order valence-corrected chi connectivity index (χ1v) is 12.8. The van der Waals surface area contributed by atoms with Crippen LogP contribution in [-0.2, 0) is 14.4 Å². The molecule has 2 N–H and O–H groups in total. The summed E-state index contributed by atoms with van der Waals surface area (Å²) in [4.78, 5) is 42.2. The molecule has 3 amide bonds. The smallest absolute Gasteiger partial charge is 0.314 e. The molecule has 1 atom stereocenters. The average molecular weight is 496 g/mol. The van der Waals surface area contributed by atoms with Gasteiger partial charge in [-0.1, -0.05) is 56.4 Å². The van der Waals surface area contributed by atoms with E-state index in [0.717, 1.165) is 44.9 Å². The minimum absolute atomic E-state index is 0.0335. The highest BCUT2D eigenvalue weighted by molar-refractivity contribution is 6.40. The van der Waals surface area contributed by atoms with Crippen molar-refractivity contribution in [2.45, 2.75) is 75.9 Å². The van der Waals surface area contributed by atoms with Gasteiger partial charge in [-0.25, -0.2) is 4.39 Å². The highest BCUT2D eigenvalue weighted by Crippen LogP contribution is 2.32. The highest BCUT2D eigenvalue weighted by atomic mass is 19.1. The maximum Gasteiger partial charge on any atom is 0.314 e. The van der Waals surface area contributed by atoms with Gasteiger partial charge in [0, 0.05) is 12.1 Å². The van der Waals surface area contributed by atoms with E-state index in [4.69, 9.17) is 4.74 Å². The Bertz CT molecular complexity index is 1060. The monoisotopic (exact) mass is 495 g/mol. The Labute approximate surface area is 211 Å². The highest BCUT2D eigenvalue weighted by Gasteiger charge is 2.40. The van der Waals surface area contributed by atoms with Crippen molar-refractivity contribution in [3.63, 3.8) is 0 Å². The van der Waals surface area contributed by atoms with Crippen molar-refractivity contribution >= 4 is 23.4 Å². The molecule has 0 aromatic heterocycles. The maximum atomic E-state index is 13.8. The van der Waals surface area contributed by atoms with E-state index in [1.54, 1.807) is 24.3 Å². The molecule has 8 heteroatoms. The van der Waals surface area contributed by atoms with Gasteiger partial charge >= 0.3 is 11.8 Å². The van der Waals surface area contributed by atoms with Gasteiger partial charge in [-0.15, -0.1) is 0 Å². The molecule has 2 fully saturated rings. The summed E-state index contributed by atoms with van der Waals surface area (Å²) >= 11 is 0. The van der Waals surface area contributed by atoms with Crippen LogP contribution < -0.4 is 15.4 Å². The van der Waals surface area contributed by atoms with E-state index in [2.05, 4.69) is 10.6 Å². The van der Waals surface area contributed by atoms with Gasteiger partial charge in [0.15, 0.2) is 0 Å². The Hall–Kier alpha value is -3.42. The van der Waals surface area contributed by atoms with Crippen molar-refractivity contribution in [3.05, 3.63) is 59.9 Å². The Morgan fingerprint density at radius 2 is 1.56 bits per heavy atom. The van der Waals surface area contributed by atoms with Crippen LogP contribution in [0.15, 0.2) is 48.5 Å². The quantitative estimate of drug-likeness (QED) is 0.544. The van der Waals surface area contributed by atoms with E-state index >= 15 is 0 Å². The lowest BCUT2D eigenvalue weighted by Crippen LogP contribution is -2.53. The summed E-state index contributed by atoms with van der Waals surface area (Å²) in [6, 6.07) is 11.2. The number of benzene rings is 2. The van der Waals surface area contributed by atoms with Gasteiger partial charge < -0.3 is 20.3 Å². The summed E-state index contributed by atoms with van der Waals surface area (Å²) in [5, 5.41) is 5.76. The zero-order valence-electron chi connectivity index (χ0n) is 20.7. The summed E-state index contributed by atoms with van der Waals surface area (Å²) in [6.07, 6.45) is 8.09. The zero-order valence-corrected chi connectivity index (χ0v) is 20.7. The first-order valence-electron chi connectivity index (χ1n) is 12.8. The van der Waals surface area contributed by atoms with E-state index < -0.39 is 23.7 Å². The fourth-order valence-electron chi connectivity index (χ4n) is 5.33. The molecule has 0 unspecified atom stereocenters. The number of carbonyl (C=O) groups is 3. The first-order chi connectivity index (χ1) is 17.5. The molecule has 2 aromatic carbocycles. The van der Waals surface area contributed by atoms with Crippen molar-refractivity contribution in [2.75, 3.05) is 12.4 Å². The second kappa shape index (κ2) is 12.0. The number of nitrogens with zero attached hydrogens (tertiary/aromatic N) is 1. The number of ether oxygens (including phenoxy) is 1. The van der Waals surface area contributed by atoms with Crippen LogP contribution in [0, 0.1) is 5.82 Å². The van der Waals surface area contributed by atoms with Crippen molar-refractivity contribution in [1.82, 2.24) is 10.2 Å². The topological polar surface area (TPSA) is 87.7 Å². The van der Waals surface area contributed by atoms with Crippen LogP contribution in [-0.4, -0.2) is 41.8 Å². The van der Waals surface area contributed by atoms with Crippen LogP contribution in [0.1, 0.15) is 69.4 Å². The summed E-state index contributed by atoms with van der Waals surface area (Å²) in [6.45, 7) is 0. The van der Waals surface area contributed by atoms with Gasteiger partial charge in [-0.05, 0) is 55.5 Å². The summed E-state index contributed by atoms with van der Waals surface area (Å²) in [5.41, 5.74) is 0.853. The van der Waals surface area contributed by atoms with Crippen LogP contribution >= 0.6 is 0 Å². The Morgan fingerprint density at radius 1 is 0.917 bits per heavy atom. The number of hydrogen-bond donors (Lipinski definition) is 2. The van der Waals surface area contributed by atoms with Crippen molar-refractivity contribution in [3.8, 4) is 5.75 Å². The predicted molar refractivity (Wildman–Crippen MR) is 135 cm³/mol. The summed E-state index contributed by atoms with van der Waals surface area (Å²) in [7, 11) is 1.49. The number of carbonyl (C=O) groups excluding carboxylic acids is 3. The molecule has 192 valence electrons. The number of nitrogens with one attached hydrogen (secondary N) is 2. The Morgan fingerprint density at radius 3 is 2.22 bits per heavy atom. The Balaban J connectivity index is 1.68. The lowest BCUT2D eigenvalue weighted by molar-refractivity contribution is -0.151. The van der Waals surface area contributed by atoms with Crippen molar-refractivity contribution in [1.29, 1.82) is 0 Å². The lowest BCUT2D eigenvalue weighted by atomic mass is 9.91. The van der Waals surface area contributed by atoms with Gasteiger partial charge in [0.25, 0.3) is 0 Å². The average Bonchev–Trinajstić information content (AvgIpc) is 3.41. The number of para-hydroxylation sites is 2. The standard InChI is InChI=1S/C28H34FN3O4/c1-36-24-14-8-7-13-23(24)31-27(34)28(35)32(22-11-3-2-4-12-22)25(19-15-17-20(29)18-16-19)26(33)30-21-9-5-6-10-21/h7-8,13-18,21-22,25H,2-6,9-12H2,1H3,(H,30,33)(H,31,34)/t25-/m0/s1. The first kappa shape index (κ1) is 25.7. The number of anilines is 1. The van der Waals surface area contributed by atoms with E-state index in [0.29, 0.717) is 29.8 Å². The minimum Gasteiger partial charge on any atom is -0.495 e. The normalized spacial score (nSPS) is 17.3. The molecule has 0 radical (unpaired) electrons. The predicted octanol–water partition coefficient (Wildman–Crippen LogP) is 4.73. The SMILES string of the molecule is COc1ccccc1NC(=O)C(=O)N(C1CCCCC1)[C@H](C(=O)NC1CCCC1)c1ccc(F)cc1. The van der Waals surface area contributed by atoms with Crippen LogP contribution in [0.25, 0.3) is 0 Å². The summed E-state index contributed by atoms with van der Waals surface area (Å²) < 4.78 is 19.1. The molecule has 0 heterocycles. The van der Waals surface area contributed by atoms with Crippen LogP contribution in [0.5, 0.6) is 5.75 Å². The maximum absolute atomic E-state index is 13.8. The number of hydrogen-bond acceptors (Lipinski definition) is 4. The molecular formula is C28H34FN3O4. The van der Waals surface area contributed by atoms with Crippen LogP contribution in [0.2, 0.25) is 0 Å². The molecule has 2 aliphatic carbocycles. The van der Waals surface area contributed by atoms with Crippen molar-refractivity contribution in [2.24, 2.45) is 0 Å². The summed E-state index contributed by atoms with van der Waals surface area (Å²) in [5.74, 6) is -1.97. The molecule has 0 aliphatic heterocycles. The van der Waals surface area contributed by atoms with Crippen molar-refractivity contribution < 1.29 is 23.5 Å². The van der Waals surface area contributed by atoms with Gasteiger partial charge in [0.2, 0.25) is 5.91 Å². The molecule has 0 spiro atoms. The van der Waals surface area contributed by atoms with Gasteiger partial charge in [-0.2, -0.15) is 0 Å². The fraction of sp³-hybridized carbons (Fsp3) is 0.464. The third kappa shape index (κ3) is 6.04. The third-order valence-corrected chi connectivity index (χ3v) is 7.17. The van der Waals surface area contributed by atoms with Crippen LogP contribution in [0.4, 0.5) is 10.1 Å². The molecule has 36 heavy (non-hydrogen) atoms. The second-order valence-corrected chi connectivity index (χ2v) is 9.60. The van der Waals surface area contributed by atoms with E-state index in [-0.39, 0.29) is 18.0 Å². The number of rotatable bonds is 7. The van der Waals surface area contributed by atoms with Gasteiger partial charge in [-0.3, -0.25) is 14.4 Å². The largest absolute Gasteiger partial charge is 0.495 e. The number of halogens is 1. The molecule has 0 saturated heterocycles. The van der Waals surface area contributed by atoms with E-state index in [1.165, 1.54) is 36.3 Å². The third-order valence-electron chi connectivity index (χ3n) is 7.17. The Kier molecular flexibility index (Phi) is 8.57. The molecule has 4 rings (SSSR count). The fourth-order valence-corrected chi connectivity index (χ4v) is 5.33. The van der Waals surface area contributed by atoms with E-state index in [1.807, 2.05) is 0 Å².